The summed E-state index contributed by atoms with van der Waals surface area (Å²) < 4.78 is 10.5. The molecular weight excluding hydrogens is 422 g/mol. The van der Waals surface area contributed by atoms with Crippen LogP contribution in [0.4, 0.5) is 16.2 Å². The van der Waals surface area contributed by atoms with Crippen molar-refractivity contribution in [2.45, 2.75) is 13.8 Å². The summed E-state index contributed by atoms with van der Waals surface area (Å²) in [4.78, 5) is 48.9. The van der Waals surface area contributed by atoms with Crippen molar-refractivity contribution < 1.29 is 33.9 Å². The van der Waals surface area contributed by atoms with Gasteiger partial charge < -0.3 is 14.6 Å². The summed E-state index contributed by atoms with van der Waals surface area (Å²) >= 11 is 0. The van der Waals surface area contributed by atoms with E-state index in [1.165, 1.54) is 18.2 Å². The molecule has 1 fully saturated rings. The topological polar surface area (TPSA) is 148 Å². The van der Waals surface area contributed by atoms with E-state index in [9.17, 15) is 29.6 Å². The molecule has 1 saturated heterocycles. The monoisotopic (exact) mass is 441 g/mol. The van der Waals surface area contributed by atoms with Crippen molar-refractivity contribution >= 4 is 35.3 Å². The van der Waals surface area contributed by atoms with E-state index >= 15 is 0 Å². The molecule has 2 aromatic rings. The Labute approximate surface area is 182 Å². The number of amides is 4. The number of hydrogen-bond donors (Lipinski definition) is 2. The number of nitrogens with zero attached hydrogens (tertiary/aromatic N) is 2. The molecule has 166 valence electrons. The van der Waals surface area contributed by atoms with Crippen molar-refractivity contribution in [3.8, 4) is 17.2 Å². The molecule has 1 aliphatic rings. The van der Waals surface area contributed by atoms with Gasteiger partial charge in [0.15, 0.2) is 5.75 Å². The van der Waals surface area contributed by atoms with Crippen LogP contribution in [0.3, 0.4) is 0 Å². The van der Waals surface area contributed by atoms with Crippen molar-refractivity contribution in [3.63, 3.8) is 0 Å². The molecule has 1 aliphatic heterocycles. The van der Waals surface area contributed by atoms with Crippen LogP contribution in [0.15, 0.2) is 42.0 Å². The summed E-state index contributed by atoms with van der Waals surface area (Å²) in [6.45, 7) is 3.98. The molecule has 0 bridgehead atoms. The fourth-order valence-corrected chi connectivity index (χ4v) is 3.02. The largest absolute Gasteiger partial charge is 0.500 e. The second-order valence-electron chi connectivity index (χ2n) is 6.46. The SMILES string of the molecule is CCOc1ccc(N2C(=O)NC(=O)/C(=C\c3cc(OCC)c(O)c([N+](=O)[O-])c3)C2=O)cc1. The second-order valence-corrected chi connectivity index (χ2v) is 6.46. The van der Waals surface area contributed by atoms with E-state index in [1.807, 2.05) is 6.92 Å². The van der Waals surface area contributed by atoms with Gasteiger partial charge in [-0.2, -0.15) is 0 Å². The number of barbiturate groups is 1. The first-order chi connectivity index (χ1) is 15.3. The minimum Gasteiger partial charge on any atom is -0.500 e. The van der Waals surface area contributed by atoms with E-state index in [2.05, 4.69) is 5.32 Å². The third-order valence-corrected chi connectivity index (χ3v) is 4.39. The number of imide groups is 2. The number of carbonyl (C=O) groups is 3. The number of nitro benzene ring substituents is 1. The Morgan fingerprint density at radius 2 is 1.75 bits per heavy atom. The number of aromatic hydroxyl groups is 1. The number of ether oxygens (including phenoxy) is 2. The van der Waals surface area contributed by atoms with Crippen LogP contribution < -0.4 is 19.7 Å². The molecule has 32 heavy (non-hydrogen) atoms. The third-order valence-electron chi connectivity index (χ3n) is 4.39. The fourth-order valence-electron chi connectivity index (χ4n) is 3.02. The van der Waals surface area contributed by atoms with Crippen LogP contribution in [0.1, 0.15) is 19.4 Å². The number of anilines is 1. The fraction of sp³-hybridized carbons (Fsp3) is 0.190. The molecule has 0 spiro atoms. The molecular formula is C21H19N3O8. The zero-order valence-electron chi connectivity index (χ0n) is 17.2. The van der Waals surface area contributed by atoms with Gasteiger partial charge in [-0.25, -0.2) is 9.69 Å². The summed E-state index contributed by atoms with van der Waals surface area (Å²) in [5, 5.41) is 23.3. The van der Waals surface area contributed by atoms with Crippen molar-refractivity contribution in [3.05, 3.63) is 57.6 Å². The van der Waals surface area contributed by atoms with Gasteiger partial charge in [-0.1, -0.05) is 0 Å². The van der Waals surface area contributed by atoms with Crippen LogP contribution in [0.5, 0.6) is 17.2 Å². The van der Waals surface area contributed by atoms with Gasteiger partial charge in [0.1, 0.15) is 11.3 Å². The smallest absolute Gasteiger partial charge is 0.335 e. The Balaban J connectivity index is 2.03. The average molecular weight is 441 g/mol. The molecule has 11 nitrogen and oxygen atoms in total. The predicted octanol–water partition coefficient (Wildman–Crippen LogP) is 2.76. The number of nitrogens with one attached hydrogen (secondary N) is 1. The van der Waals surface area contributed by atoms with Gasteiger partial charge in [0.05, 0.1) is 23.8 Å². The molecule has 2 aromatic carbocycles. The van der Waals surface area contributed by atoms with Gasteiger partial charge in [-0.05, 0) is 55.8 Å². The molecule has 3 rings (SSSR count). The third kappa shape index (κ3) is 4.36. The molecule has 0 aromatic heterocycles. The number of benzene rings is 2. The Kier molecular flexibility index (Phi) is 6.38. The minimum absolute atomic E-state index is 0.0532. The van der Waals surface area contributed by atoms with Crippen LogP contribution in [-0.4, -0.2) is 41.1 Å². The second kappa shape index (κ2) is 9.16. The number of nitro groups is 1. The van der Waals surface area contributed by atoms with Gasteiger partial charge in [0, 0.05) is 6.07 Å². The molecule has 0 aliphatic carbocycles. The highest BCUT2D eigenvalue weighted by Gasteiger charge is 2.37. The lowest BCUT2D eigenvalue weighted by Crippen LogP contribution is -2.54. The van der Waals surface area contributed by atoms with E-state index in [0.29, 0.717) is 12.4 Å². The Bertz CT molecular complexity index is 1120. The first-order valence-electron chi connectivity index (χ1n) is 9.55. The lowest BCUT2D eigenvalue weighted by atomic mass is 10.1. The molecule has 0 radical (unpaired) electrons. The molecule has 4 amide bonds. The van der Waals surface area contributed by atoms with Gasteiger partial charge in [-0.3, -0.25) is 25.0 Å². The molecule has 0 unspecified atom stereocenters. The standard InChI is InChI=1S/C21H19N3O8/c1-3-31-14-7-5-13(6-8-14)23-20(27)15(19(26)22-21(23)28)9-12-10-16(24(29)30)18(25)17(11-12)32-4-2/h5-11,25H,3-4H2,1-2H3,(H,22,26,28)/b15-9+. The van der Waals surface area contributed by atoms with E-state index in [4.69, 9.17) is 9.47 Å². The number of hydrogen-bond acceptors (Lipinski definition) is 8. The summed E-state index contributed by atoms with van der Waals surface area (Å²) in [7, 11) is 0. The van der Waals surface area contributed by atoms with Gasteiger partial charge in [-0.15, -0.1) is 0 Å². The summed E-state index contributed by atoms with van der Waals surface area (Å²) in [6, 6.07) is 7.39. The molecule has 1 heterocycles. The van der Waals surface area contributed by atoms with Crippen molar-refractivity contribution in [2.24, 2.45) is 0 Å². The first kappa shape index (κ1) is 22.3. The summed E-state index contributed by atoms with van der Waals surface area (Å²) in [5.41, 5.74) is -0.842. The molecule has 0 atom stereocenters. The van der Waals surface area contributed by atoms with Crippen LogP contribution in [0.25, 0.3) is 6.08 Å². The van der Waals surface area contributed by atoms with E-state index in [-0.39, 0.29) is 23.6 Å². The van der Waals surface area contributed by atoms with E-state index in [0.717, 1.165) is 17.0 Å². The van der Waals surface area contributed by atoms with Crippen molar-refractivity contribution in [1.29, 1.82) is 0 Å². The zero-order valence-corrected chi connectivity index (χ0v) is 17.2. The maximum atomic E-state index is 13.0. The van der Waals surface area contributed by atoms with Gasteiger partial charge in [0.25, 0.3) is 11.8 Å². The Hall–Kier alpha value is -4.41. The number of rotatable bonds is 7. The highest BCUT2D eigenvalue weighted by atomic mass is 16.6. The number of phenolic OH excluding ortho intramolecular Hbond substituents is 1. The van der Waals surface area contributed by atoms with Crippen LogP contribution in [-0.2, 0) is 9.59 Å². The highest BCUT2D eigenvalue weighted by molar-refractivity contribution is 6.39. The number of phenols is 1. The maximum absolute atomic E-state index is 13.0. The molecule has 0 saturated carbocycles. The maximum Gasteiger partial charge on any atom is 0.335 e. The number of carbonyl (C=O) groups excluding carboxylic acids is 3. The quantitative estimate of drug-likeness (QED) is 0.288. The van der Waals surface area contributed by atoms with E-state index in [1.54, 1.807) is 19.1 Å². The van der Waals surface area contributed by atoms with Crippen LogP contribution in [0, 0.1) is 10.1 Å². The van der Waals surface area contributed by atoms with Gasteiger partial charge >= 0.3 is 11.7 Å². The van der Waals surface area contributed by atoms with Crippen molar-refractivity contribution in [2.75, 3.05) is 18.1 Å². The molecule has 2 N–H and O–H groups in total. The average Bonchev–Trinajstić information content (AvgIpc) is 2.74. The number of urea groups is 1. The van der Waals surface area contributed by atoms with Gasteiger partial charge in [0.2, 0.25) is 5.75 Å². The normalized spacial score (nSPS) is 15.0. The lowest BCUT2D eigenvalue weighted by Gasteiger charge is -2.26. The predicted molar refractivity (Wildman–Crippen MR) is 113 cm³/mol. The Morgan fingerprint density at radius 3 is 2.34 bits per heavy atom. The van der Waals surface area contributed by atoms with Crippen LogP contribution >= 0.6 is 0 Å². The van der Waals surface area contributed by atoms with Crippen molar-refractivity contribution in [1.82, 2.24) is 5.32 Å². The zero-order chi connectivity index (χ0) is 23.4. The summed E-state index contributed by atoms with van der Waals surface area (Å²) in [6.07, 6.45) is 1.08. The minimum atomic E-state index is -0.962. The highest BCUT2D eigenvalue weighted by Crippen LogP contribution is 2.38. The Morgan fingerprint density at radius 1 is 1.09 bits per heavy atom. The van der Waals surface area contributed by atoms with E-state index < -0.39 is 39.8 Å². The lowest BCUT2D eigenvalue weighted by molar-refractivity contribution is -0.386. The summed E-state index contributed by atoms with van der Waals surface area (Å²) in [5.74, 6) is -2.21. The molecule has 11 heteroatoms. The first-order valence-corrected chi connectivity index (χ1v) is 9.55. The van der Waals surface area contributed by atoms with Crippen LogP contribution in [0.2, 0.25) is 0 Å².